The molecule has 3 rings (SSSR count). The number of likely N-dealkylation sites (tertiary alicyclic amines) is 1. The average Bonchev–Trinajstić information content (AvgIpc) is 2.71. The first-order valence-corrected chi connectivity index (χ1v) is 7.16. The maximum Gasteiger partial charge on any atom is 0.123 e. The van der Waals surface area contributed by atoms with E-state index < -0.39 is 0 Å². The molecular weight excluding hydrogens is 241 g/mol. The van der Waals surface area contributed by atoms with E-state index in [0.717, 1.165) is 38.1 Å². The number of rotatable bonds is 3. The van der Waals surface area contributed by atoms with Crippen LogP contribution in [0.25, 0.3) is 0 Å². The molecule has 2 heterocycles. The van der Waals surface area contributed by atoms with Gasteiger partial charge in [0.25, 0.3) is 0 Å². The van der Waals surface area contributed by atoms with Gasteiger partial charge in [0.2, 0.25) is 0 Å². The summed E-state index contributed by atoms with van der Waals surface area (Å²) in [6.45, 7) is 7.67. The summed E-state index contributed by atoms with van der Waals surface area (Å²) < 4.78 is 19.1. The third kappa shape index (κ3) is 2.67. The van der Waals surface area contributed by atoms with Crippen LogP contribution in [0, 0.1) is 11.2 Å². The van der Waals surface area contributed by atoms with Crippen molar-refractivity contribution in [2.24, 2.45) is 5.41 Å². The van der Waals surface area contributed by atoms with Crippen molar-refractivity contribution in [1.82, 2.24) is 4.90 Å². The van der Waals surface area contributed by atoms with Gasteiger partial charge in [-0.1, -0.05) is 12.1 Å². The Morgan fingerprint density at radius 3 is 2.89 bits per heavy atom. The molecule has 1 atom stereocenters. The van der Waals surface area contributed by atoms with E-state index in [1.54, 1.807) is 12.1 Å². The predicted molar refractivity (Wildman–Crippen MR) is 73.6 cm³/mol. The van der Waals surface area contributed by atoms with E-state index in [1.807, 2.05) is 6.07 Å². The first-order chi connectivity index (χ1) is 9.06. The fourth-order valence-corrected chi connectivity index (χ4v) is 3.35. The molecule has 0 N–H and O–H groups in total. The van der Waals surface area contributed by atoms with Crippen molar-refractivity contribution in [1.29, 1.82) is 0 Å². The maximum absolute atomic E-state index is 13.2. The fraction of sp³-hybridized carbons (Fsp3) is 0.625. The highest BCUT2D eigenvalue weighted by atomic mass is 19.1. The summed E-state index contributed by atoms with van der Waals surface area (Å²) in [7, 11) is 0. The second kappa shape index (κ2) is 4.88. The molecule has 0 aliphatic carbocycles. The van der Waals surface area contributed by atoms with E-state index in [2.05, 4.69) is 18.7 Å². The Bertz CT molecular complexity index is 454. The summed E-state index contributed by atoms with van der Waals surface area (Å²) in [5.74, 6) is -0.153. The van der Waals surface area contributed by atoms with Gasteiger partial charge in [-0.3, -0.25) is 4.90 Å². The van der Waals surface area contributed by atoms with Crippen LogP contribution in [0.15, 0.2) is 24.3 Å². The van der Waals surface area contributed by atoms with Crippen molar-refractivity contribution in [3.63, 3.8) is 0 Å². The number of hydrogen-bond donors (Lipinski definition) is 0. The normalized spacial score (nSPS) is 26.0. The Morgan fingerprint density at radius 1 is 1.42 bits per heavy atom. The lowest BCUT2D eigenvalue weighted by Gasteiger charge is -2.49. The predicted octanol–water partition coefficient (Wildman–Crippen LogP) is 2.87. The van der Waals surface area contributed by atoms with Crippen molar-refractivity contribution >= 4 is 0 Å². The van der Waals surface area contributed by atoms with Crippen LogP contribution in [-0.4, -0.2) is 36.7 Å². The molecule has 0 radical (unpaired) electrons. The van der Waals surface area contributed by atoms with Crippen LogP contribution in [0.1, 0.15) is 25.8 Å². The van der Waals surface area contributed by atoms with Crippen LogP contribution in [0.5, 0.6) is 0 Å². The number of halogens is 1. The zero-order valence-corrected chi connectivity index (χ0v) is 11.7. The monoisotopic (exact) mass is 263 g/mol. The second-order valence-electron chi connectivity index (χ2n) is 6.47. The molecule has 19 heavy (non-hydrogen) atoms. The minimum atomic E-state index is -0.153. The molecule has 0 bridgehead atoms. The highest BCUT2D eigenvalue weighted by Crippen LogP contribution is 2.42. The molecule has 1 spiro atoms. The lowest BCUT2D eigenvalue weighted by atomic mass is 9.76. The highest BCUT2D eigenvalue weighted by Gasteiger charge is 2.49. The van der Waals surface area contributed by atoms with E-state index in [-0.39, 0.29) is 11.9 Å². The second-order valence-corrected chi connectivity index (χ2v) is 6.47. The number of hydrogen-bond acceptors (Lipinski definition) is 2. The van der Waals surface area contributed by atoms with Crippen LogP contribution in [-0.2, 0) is 11.2 Å². The topological polar surface area (TPSA) is 12.5 Å². The van der Waals surface area contributed by atoms with E-state index in [4.69, 9.17) is 4.74 Å². The van der Waals surface area contributed by atoms with E-state index in [9.17, 15) is 4.39 Å². The summed E-state index contributed by atoms with van der Waals surface area (Å²) in [6.07, 6.45) is 2.21. The molecule has 2 aliphatic heterocycles. The molecular formula is C16H22FNO. The Hall–Kier alpha value is -0.930. The lowest BCUT2D eigenvalue weighted by Crippen LogP contribution is -2.59. The Kier molecular flexibility index (Phi) is 3.35. The molecule has 3 heteroatoms. The summed E-state index contributed by atoms with van der Waals surface area (Å²) >= 11 is 0. The van der Waals surface area contributed by atoms with Gasteiger partial charge in [-0.15, -0.1) is 0 Å². The fourth-order valence-electron chi connectivity index (χ4n) is 3.35. The van der Waals surface area contributed by atoms with Gasteiger partial charge in [-0.25, -0.2) is 4.39 Å². The van der Waals surface area contributed by atoms with Crippen molar-refractivity contribution in [2.75, 3.05) is 19.7 Å². The summed E-state index contributed by atoms with van der Waals surface area (Å²) in [6, 6.07) is 7.51. The maximum atomic E-state index is 13.2. The zero-order chi connectivity index (χ0) is 13.5. The summed E-state index contributed by atoms with van der Waals surface area (Å²) in [5.41, 5.74) is 1.42. The van der Waals surface area contributed by atoms with Gasteiger partial charge in [0.05, 0.1) is 12.7 Å². The largest absolute Gasteiger partial charge is 0.377 e. The Labute approximate surface area is 114 Å². The van der Waals surface area contributed by atoms with Crippen molar-refractivity contribution < 1.29 is 9.13 Å². The third-order valence-corrected chi connectivity index (χ3v) is 4.45. The van der Waals surface area contributed by atoms with Crippen LogP contribution in [0.3, 0.4) is 0 Å². The van der Waals surface area contributed by atoms with Crippen LogP contribution in [0.4, 0.5) is 4.39 Å². The summed E-state index contributed by atoms with van der Waals surface area (Å²) in [5, 5.41) is 0. The molecule has 2 fully saturated rings. The van der Waals surface area contributed by atoms with Gasteiger partial charge < -0.3 is 4.74 Å². The quantitative estimate of drug-likeness (QED) is 0.831. The molecule has 2 aliphatic rings. The van der Waals surface area contributed by atoms with E-state index in [1.165, 1.54) is 6.07 Å². The standard InChI is InChI=1S/C16H22FNO/c1-12(2)18-9-16(10-18)8-15(19-11-16)7-13-4-3-5-14(17)6-13/h3-6,12,15H,7-11H2,1-2H3. The average molecular weight is 263 g/mol. The lowest BCUT2D eigenvalue weighted by molar-refractivity contribution is -0.0276. The van der Waals surface area contributed by atoms with Crippen LogP contribution in [0.2, 0.25) is 0 Å². The number of ether oxygens (including phenoxy) is 1. The number of nitrogens with zero attached hydrogens (tertiary/aromatic N) is 1. The van der Waals surface area contributed by atoms with Gasteiger partial charge in [0, 0.05) is 24.5 Å². The SMILES string of the molecule is CC(C)N1CC2(COC(Cc3cccc(F)c3)C2)C1. The van der Waals surface area contributed by atoms with Gasteiger partial charge in [-0.2, -0.15) is 0 Å². The van der Waals surface area contributed by atoms with Crippen molar-refractivity contribution in [3.8, 4) is 0 Å². The Balaban J connectivity index is 1.56. The molecule has 0 amide bonds. The van der Waals surface area contributed by atoms with E-state index >= 15 is 0 Å². The minimum absolute atomic E-state index is 0.153. The summed E-state index contributed by atoms with van der Waals surface area (Å²) in [4.78, 5) is 2.49. The number of benzene rings is 1. The van der Waals surface area contributed by atoms with E-state index in [0.29, 0.717) is 11.5 Å². The molecule has 1 unspecified atom stereocenters. The van der Waals surface area contributed by atoms with Crippen LogP contribution < -0.4 is 0 Å². The zero-order valence-electron chi connectivity index (χ0n) is 11.7. The molecule has 0 aromatic heterocycles. The molecule has 1 aromatic rings. The van der Waals surface area contributed by atoms with Gasteiger partial charge in [-0.05, 0) is 44.4 Å². The van der Waals surface area contributed by atoms with Crippen molar-refractivity contribution in [3.05, 3.63) is 35.6 Å². The van der Waals surface area contributed by atoms with Gasteiger partial charge >= 0.3 is 0 Å². The smallest absolute Gasteiger partial charge is 0.123 e. The molecule has 104 valence electrons. The minimum Gasteiger partial charge on any atom is -0.377 e. The van der Waals surface area contributed by atoms with Gasteiger partial charge in [0.1, 0.15) is 5.82 Å². The molecule has 0 saturated carbocycles. The molecule has 1 aromatic carbocycles. The molecule has 2 saturated heterocycles. The Morgan fingerprint density at radius 2 is 2.21 bits per heavy atom. The van der Waals surface area contributed by atoms with Crippen molar-refractivity contribution in [2.45, 2.75) is 38.8 Å². The van der Waals surface area contributed by atoms with Crippen LogP contribution >= 0.6 is 0 Å². The third-order valence-electron chi connectivity index (χ3n) is 4.45. The highest BCUT2D eigenvalue weighted by molar-refractivity contribution is 5.18. The van der Waals surface area contributed by atoms with Gasteiger partial charge in [0.15, 0.2) is 0 Å². The molecule has 2 nitrogen and oxygen atoms in total. The first-order valence-electron chi connectivity index (χ1n) is 7.16. The first kappa shape index (κ1) is 13.1.